The van der Waals surface area contributed by atoms with Gasteiger partial charge in [0.15, 0.2) is 0 Å². The van der Waals surface area contributed by atoms with Crippen LogP contribution in [-0.4, -0.2) is 5.90 Å². The van der Waals surface area contributed by atoms with Gasteiger partial charge in [0.2, 0.25) is 5.90 Å². The molecule has 0 atom stereocenters. The van der Waals surface area contributed by atoms with E-state index in [9.17, 15) is 0 Å². The van der Waals surface area contributed by atoms with Crippen LogP contribution in [0.3, 0.4) is 0 Å². The van der Waals surface area contributed by atoms with Crippen molar-refractivity contribution in [3.8, 4) is 11.5 Å². The third-order valence-electron chi connectivity index (χ3n) is 4.37. The number of benzene rings is 4. The minimum absolute atomic E-state index is 0.489. The molecule has 3 nitrogen and oxygen atoms in total. The molecule has 0 heterocycles. The Labute approximate surface area is 170 Å². The summed E-state index contributed by atoms with van der Waals surface area (Å²) in [4.78, 5) is 4.66. The van der Waals surface area contributed by atoms with Crippen molar-refractivity contribution in [1.29, 1.82) is 0 Å². The highest BCUT2D eigenvalue weighted by atomic mass is 16.5. The van der Waals surface area contributed by atoms with Gasteiger partial charge in [0.25, 0.3) is 0 Å². The molecule has 0 aromatic heterocycles. The second-order valence-electron chi connectivity index (χ2n) is 6.60. The largest absolute Gasteiger partial charge is 0.465 e. The molecule has 4 aromatic carbocycles. The molecule has 0 saturated heterocycles. The van der Waals surface area contributed by atoms with Crippen LogP contribution in [0.15, 0.2) is 120 Å². The summed E-state index contributed by atoms with van der Waals surface area (Å²) in [5.41, 5.74) is 1.60. The lowest BCUT2D eigenvalue weighted by atomic mass is 10.1. The van der Waals surface area contributed by atoms with Crippen LogP contribution >= 0.6 is 0 Å². The fourth-order valence-electron chi connectivity index (χ4n) is 2.86. The van der Waals surface area contributed by atoms with Gasteiger partial charge in [0.1, 0.15) is 11.5 Å². The number of nitrogens with zero attached hydrogens (tertiary/aromatic N) is 1. The van der Waals surface area contributed by atoms with E-state index in [0.29, 0.717) is 5.90 Å². The lowest BCUT2D eigenvalue weighted by Crippen LogP contribution is -2.10. The van der Waals surface area contributed by atoms with E-state index < -0.39 is 0 Å². The first-order chi connectivity index (χ1) is 14.3. The normalized spacial score (nSPS) is 12.0. The van der Waals surface area contributed by atoms with E-state index in [1.807, 2.05) is 97.9 Å². The van der Waals surface area contributed by atoms with Gasteiger partial charge < -0.3 is 9.47 Å². The monoisotopic (exact) mass is 379 g/mol. The van der Waals surface area contributed by atoms with Gasteiger partial charge in [-0.15, -0.1) is 0 Å². The van der Waals surface area contributed by atoms with E-state index in [2.05, 4.69) is 17.1 Å². The second-order valence-corrected chi connectivity index (χ2v) is 6.60. The summed E-state index contributed by atoms with van der Waals surface area (Å²) in [5.74, 6) is 1.98. The summed E-state index contributed by atoms with van der Waals surface area (Å²) >= 11 is 0. The number of fused-ring (bicyclic) bond motifs is 1. The highest BCUT2D eigenvalue weighted by Crippen LogP contribution is 2.22. The van der Waals surface area contributed by atoms with Crippen LogP contribution in [0.2, 0.25) is 0 Å². The summed E-state index contributed by atoms with van der Waals surface area (Å²) in [6, 6.07) is 33.6. The number of aliphatic imine (C=N–C) groups is 1. The fourth-order valence-corrected chi connectivity index (χ4v) is 2.86. The zero-order valence-corrected chi connectivity index (χ0v) is 16.2. The van der Waals surface area contributed by atoms with Crippen molar-refractivity contribution in [2.45, 2.75) is 6.92 Å². The van der Waals surface area contributed by atoms with Crippen molar-refractivity contribution >= 4 is 22.4 Å². The van der Waals surface area contributed by atoms with Gasteiger partial charge in [0, 0.05) is 5.57 Å². The molecule has 0 fully saturated rings. The number of para-hydroxylation sites is 2. The van der Waals surface area contributed by atoms with Gasteiger partial charge in [-0.3, -0.25) is 0 Å². The zero-order chi connectivity index (χ0) is 19.9. The van der Waals surface area contributed by atoms with Crippen molar-refractivity contribution in [2.75, 3.05) is 0 Å². The van der Waals surface area contributed by atoms with E-state index >= 15 is 0 Å². The van der Waals surface area contributed by atoms with Crippen LogP contribution in [-0.2, 0) is 0 Å². The van der Waals surface area contributed by atoms with E-state index in [1.54, 1.807) is 6.26 Å². The lowest BCUT2D eigenvalue weighted by molar-refractivity contribution is 0.474. The molecule has 0 radical (unpaired) electrons. The molecule has 29 heavy (non-hydrogen) atoms. The third kappa shape index (κ3) is 4.90. The molecule has 0 unspecified atom stereocenters. The SMILES string of the molecule is CC(=COc1ccc2ccccc2c1)/C(=N\c1ccccc1)Oc1ccccc1. The number of ether oxygens (including phenoxy) is 2. The third-order valence-corrected chi connectivity index (χ3v) is 4.37. The summed E-state index contributed by atoms with van der Waals surface area (Å²) in [7, 11) is 0. The standard InChI is InChI=1S/C26H21NO2/c1-20(19-28-25-17-16-21-10-8-9-11-22(21)18-25)26(27-23-12-4-2-5-13-23)29-24-14-6-3-7-15-24/h2-19H,1H3/b20-19?,27-26+. The zero-order valence-electron chi connectivity index (χ0n) is 16.2. The molecule has 0 aliphatic rings. The minimum atomic E-state index is 0.489. The van der Waals surface area contributed by atoms with Crippen molar-refractivity contribution in [2.24, 2.45) is 4.99 Å². The van der Waals surface area contributed by atoms with E-state index in [1.165, 1.54) is 5.39 Å². The molecule has 0 saturated carbocycles. The first-order valence-electron chi connectivity index (χ1n) is 9.47. The maximum absolute atomic E-state index is 6.04. The predicted molar refractivity (Wildman–Crippen MR) is 119 cm³/mol. The first kappa shape index (κ1) is 18.5. The molecule has 0 amide bonds. The first-order valence-corrected chi connectivity index (χ1v) is 9.47. The smallest absolute Gasteiger partial charge is 0.225 e. The summed E-state index contributed by atoms with van der Waals surface area (Å²) in [6.45, 7) is 1.92. The Balaban J connectivity index is 1.60. The Bertz CT molecular complexity index is 1150. The van der Waals surface area contributed by atoms with Crippen LogP contribution in [0.4, 0.5) is 5.69 Å². The molecule has 0 aliphatic heterocycles. The fraction of sp³-hybridized carbons (Fsp3) is 0.0385. The Hall–Kier alpha value is -3.85. The Morgan fingerprint density at radius 1 is 0.690 bits per heavy atom. The van der Waals surface area contributed by atoms with Gasteiger partial charge in [-0.05, 0) is 54.1 Å². The van der Waals surface area contributed by atoms with Gasteiger partial charge in [0.05, 0.1) is 11.9 Å². The molecule has 3 heteroatoms. The maximum atomic E-state index is 6.04. The van der Waals surface area contributed by atoms with Crippen LogP contribution in [0, 0.1) is 0 Å². The van der Waals surface area contributed by atoms with Crippen LogP contribution in [0.25, 0.3) is 10.8 Å². The summed E-state index contributed by atoms with van der Waals surface area (Å²) in [6.07, 6.45) is 1.68. The van der Waals surface area contributed by atoms with E-state index in [-0.39, 0.29) is 0 Å². The topological polar surface area (TPSA) is 30.8 Å². The van der Waals surface area contributed by atoms with Crippen LogP contribution in [0.5, 0.6) is 11.5 Å². The highest BCUT2D eigenvalue weighted by molar-refractivity contribution is 5.96. The Morgan fingerprint density at radius 2 is 1.34 bits per heavy atom. The van der Waals surface area contributed by atoms with Crippen molar-refractivity contribution < 1.29 is 9.47 Å². The molecular weight excluding hydrogens is 358 g/mol. The molecule has 4 rings (SSSR count). The minimum Gasteiger partial charge on any atom is -0.465 e. The molecular formula is C26H21NO2. The number of hydrogen-bond donors (Lipinski definition) is 0. The summed E-state index contributed by atoms with van der Waals surface area (Å²) in [5, 5.41) is 2.31. The molecule has 0 N–H and O–H groups in total. The van der Waals surface area contributed by atoms with Crippen molar-refractivity contribution in [3.63, 3.8) is 0 Å². The molecule has 0 aliphatic carbocycles. The quantitative estimate of drug-likeness (QED) is 0.214. The van der Waals surface area contributed by atoms with Crippen LogP contribution < -0.4 is 9.47 Å². The molecule has 142 valence electrons. The Kier molecular flexibility index (Phi) is 5.68. The predicted octanol–water partition coefficient (Wildman–Crippen LogP) is 6.93. The van der Waals surface area contributed by atoms with Gasteiger partial charge in [-0.2, -0.15) is 0 Å². The second kappa shape index (κ2) is 8.89. The average Bonchev–Trinajstić information content (AvgIpc) is 2.78. The van der Waals surface area contributed by atoms with Crippen molar-refractivity contribution in [3.05, 3.63) is 115 Å². The summed E-state index contributed by atoms with van der Waals surface area (Å²) < 4.78 is 11.9. The number of hydrogen-bond acceptors (Lipinski definition) is 3. The van der Waals surface area contributed by atoms with E-state index in [0.717, 1.165) is 28.1 Å². The number of rotatable bonds is 5. The highest BCUT2D eigenvalue weighted by Gasteiger charge is 2.08. The molecule has 4 aromatic rings. The van der Waals surface area contributed by atoms with Gasteiger partial charge >= 0.3 is 0 Å². The van der Waals surface area contributed by atoms with Crippen molar-refractivity contribution in [1.82, 2.24) is 0 Å². The molecule has 0 spiro atoms. The average molecular weight is 379 g/mol. The molecule has 0 bridgehead atoms. The van der Waals surface area contributed by atoms with E-state index in [4.69, 9.17) is 9.47 Å². The Morgan fingerprint density at radius 3 is 2.10 bits per heavy atom. The van der Waals surface area contributed by atoms with Crippen LogP contribution in [0.1, 0.15) is 6.92 Å². The lowest BCUT2D eigenvalue weighted by Gasteiger charge is -2.10. The maximum Gasteiger partial charge on any atom is 0.225 e. The van der Waals surface area contributed by atoms with Gasteiger partial charge in [-0.25, -0.2) is 4.99 Å². The van der Waals surface area contributed by atoms with Gasteiger partial charge in [-0.1, -0.05) is 66.7 Å².